The Labute approximate surface area is 184 Å². The molecule has 0 aliphatic rings. The Morgan fingerprint density at radius 3 is 2.75 bits per heavy atom. The molecule has 4 rings (SSSR count). The molecule has 0 bridgehead atoms. The van der Waals surface area contributed by atoms with Gasteiger partial charge in [0, 0.05) is 6.20 Å². The summed E-state index contributed by atoms with van der Waals surface area (Å²) >= 11 is 1.14. The number of fused-ring (bicyclic) bond motifs is 1. The van der Waals surface area contributed by atoms with Crippen molar-refractivity contribution in [1.82, 2.24) is 19.7 Å². The van der Waals surface area contributed by atoms with E-state index >= 15 is 0 Å². The van der Waals surface area contributed by atoms with E-state index in [1.54, 1.807) is 29.1 Å². The molecule has 0 spiro atoms. The molecule has 7 nitrogen and oxygen atoms in total. The van der Waals surface area contributed by atoms with Gasteiger partial charge in [-0.1, -0.05) is 31.3 Å². The predicted octanol–water partition coefficient (Wildman–Crippen LogP) is 5.19. The molecule has 0 unspecified atom stereocenters. The molecule has 1 aromatic carbocycles. The highest BCUT2D eigenvalue weighted by Crippen LogP contribution is 2.31. The number of thiazole rings is 1. The number of carbonyl (C=O) groups excluding carboxylic acids is 1. The maximum absolute atomic E-state index is 13.0. The van der Waals surface area contributed by atoms with Gasteiger partial charge in [0.1, 0.15) is 5.75 Å². The summed E-state index contributed by atoms with van der Waals surface area (Å²) in [6, 6.07) is 9.85. The second-order valence-electron chi connectivity index (χ2n) is 7.20. The summed E-state index contributed by atoms with van der Waals surface area (Å²) < 4.78 is 44.1. The molecule has 0 aliphatic carbocycles. The van der Waals surface area contributed by atoms with E-state index in [-0.39, 0.29) is 17.6 Å². The fraction of sp³-hybridized carbons (Fsp3) is 0.238. The Bertz CT molecular complexity index is 1250. The lowest BCUT2D eigenvalue weighted by Gasteiger charge is -2.11. The Balaban J connectivity index is 1.57. The fourth-order valence-corrected chi connectivity index (χ4v) is 4.02. The minimum atomic E-state index is -4.42. The molecule has 0 saturated heterocycles. The lowest BCUT2D eigenvalue weighted by Crippen LogP contribution is -2.19. The van der Waals surface area contributed by atoms with Gasteiger partial charge in [-0.2, -0.15) is 18.3 Å². The van der Waals surface area contributed by atoms with Gasteiger partial charge in [-0.3, -0.25) is 10.1 Å². The summed E-state index contributed by atoms with van der Waals surface area (Å²) in [6.45, 7) is 2.53. The minimum Gasteiger partial charge on any atom is -0.484 e. The maximum atomic E-state index is 13.0. The van der Waals surface area contributed by atoms with Crippen molar-refractivity contribution in [3.8, 4) is 11.6 Å². The standard InChI is InChI=1S/C21H18F3N5O2S/c1-12(2)18-14(10-26-29(18)17-5-3-4-8-25-17)19(30)28-20-27-15-7-6-13(9-16(15)32-20)31-11-21(22,23)24/h3-10,12H,11H2,1-2H3,(H,27,28,30). The van der Waals surface area contributed by atoms with Crippen molar-refractivity contribution in [2.45, 2.75) is 25.9 Å². The Morgan fingerprint density at radius 2 is 2.06 bits per heavy atom. The van der Waals surface area contributed by atoms with Gasteiger partial charge in [-0.15, -0.1) is 0 Å². The van der Waals surface area contributed by atoms with E-state index in [1.165, 1.54) is 18.3 Å². The number of halogens is 3. The zero-order valence-corrected chi connectivity index (χ0v) is 17.9. The monoisotopic (exact) mass is 461 g/mol. The molecule has 11 heteroatoms. The molecule has 1 amide bonds. The molecule has 0 fully saturated rings. The molecule has 1 N–H and O–H groups in total. The minimum absolute atomic E-state index is 0.0102. The summed E-state index contributed by atoms with van der Waals surface area (Å²) in [5, 5.41) is 7.41. The third kappa shape index (κ3) is 4.72. The van der Waals surface area contributed by atoms with Crippen LogP contribution in [0.1, 0.15) is 35.8 Å². The lowest BCUT2D eigenvalue weighted by atomic mass is 10.1. The van der Waals surface area contributed by atoms with E-state index in [9.17, 15) is 18.0 Å². The molecule has 0 atom stereocenters. The zero-order chi connectivity index (χ0) is 22.9. The Hall–Kier alpha value is -3.47. The number of nitrogens with zero attached hydrogens (tertiary/aromatic N) is 4. The number of anilines is 1. The second-order valence-corrected chi connectivity index (χ2v) is 8.24. The molecule has 166 valence electrons. The molecule has 0 radical (unpaired) electrons. The van der Waals surface area contributed by atoms with Crippen LogP contribution in [0.15, 0.2) is 48.8 Å². The smallest absolute Gasteiger partial charge is 0.422 e. The van der Waals surface area contributed by atoms with Gasteiger partial charge in [-0.25, -0.2) is 14.6 Å². The van der Waals surface area contributed by atoms with E-state index in [2.05, 4.69) is 20.4 Å². The number of benzene rings is 1. The van der Waals surface area contributed by atoms with Crippen LogP contribution in [0.4, 0.5) is 18.3 Å². The van der Waals surface area contributed by atoms with Crippen LogP contribution in [0.25, 0.3) is 16.0 Å². The summed E-state index contributed by atoms with van der Waals surface area (Å²) in [6.07, 6.45) is -1.29. The SMILES string of the molecule is CC(C)c1c(C(=O)Nc2nc3ccc(OCC(F)(F)F)cc3s2)cnn1-c1ccccn1. The van der Waals surface area contributed by atoms with E-state index in [0.29, 0.717) is 32.4 Å². The van der Waals surface area contributed by atoms with E-state index in [4.69, 9.17) is 4.74 Å². The topological polar surface area (TPSA) is 81.9 Å². The first-order valence-corrected chi connectivity index (χ1v) is 10.4. The number of aromatic nitrogens is 4. The van der Waals surface area contributed by atoms with Crippen LogP contribution in [0.2, 0.25) is 0 Å². The number of pyridine rings is 1. The van der Waals surface area contributed by atoms with Gasteiger partial charge in [0.25, 0.3) is 5.91 Å². The highest BCUT2D eigenvalue weighted by Gasteiger charge is 2.28. The van der Waals surface area contributed by atoms with Crippen molar-refractivity contribution in [3.63, 3.8) is 0 Å². The van der Waals surface area contributed by atoms with Crippen LogP contribution >= 0.6 is 11.3 Å². The number of rotatable bonds is 6. The normalized spacial score (nSPS) is 11.8. The van der Waals surface area contributed by atoms with Crippen molar-refractivity contribution in [2.75, 3.05) is 11.9 Å². The summed E-state index contributed by atoms with van der Waals surface area (Å²) in [5.41, 5.74) is 1.63. The van der Waals surface area contributed by atoms with Crippen molar-refractivity contribution in [2.24, 2.45) is 0 Å². The number of carbonyl (C=O) groups is 1. The predicted molar refractivity (Wildman–Crippen MR) is 115 cm³/mol. The molecule has 3 aromatic heterocycles. The molecule has 4 aromatic rings. The number of alkyl halides is 3. The third-order valence-corrected chi connectivity index (χ3v) is 5.38. The Morgan fingerprint density at radius 1 is 1.25 bits per heavy atom. The van der Waals surface area contributed by atoms with Crippen LogP contribution in [-0.4, -0.2) is 38.4 Å². The lowest BCUT2D eigenvalue weighted by molar-refractivity contribution is -0.153. The van der Waals surface area contributed by atoms with E-state index < -0.39 is 12.8 Å². The number of hydrogen-bond donors (Lipinski definition) is 1. The second kappa shape index (κ2) is 8.58. The first-order valence-electron chi connectivity index (χ1n) is 9.62. The van der Waals surface area contributed by atoms with Gasteiger partial charge >= 0.3 is 6.18 Å². The first-order chi connectivity index (χ1) is 15.2. The molecule has 32 heavy (non-hydrogen) atoms. The molecule has 0 saturated carbocycles. The average molecular weight is 461 g/mol. The molecule has 0 aliphatic heterocycles. The van der Waals surface area contributed by atoms with Crippen molar-refractivity contribution in [3.05, 3.63) is 60.0 Å². The molecule has 3 heterocycles. The van der Waals surface area contributed by atoms with Crippen LogP contribution < -0.4 is 10.1 Å². The van der Waals surface area contributed by atoms with Gasteiger partial charge < -0.3 is 4.74 Å². The van der Waals surface area contributed by atoms with Gasteiger partial charge in [0.2, 0.25) is 0 Å². The quantitative estimate of drug-likeness (QED) is 0.427. The number of amides is 1. The summed E-state index contributed by atoms with van der Waals surface area (Å²) in [4.78, 5) is 21.6. The van der Waals surface area contributed by atoms with Crippen LogP contribution in [-0.2, 0) is 0 Å². The van der Waals surface area contributed by atoms with Crippen molar-refractivity contribution < 1.29 is 22.7 Å². The molecular weight excluding hydrogens is 443 g/mol. The fourth-order valence-electron chi connectivity index (χ4n) is 3.13. The highest BCUT2D eigenvalue weighted by atomic mass is 32.1. The van der Waals surface area contributed by atoms with Gasteiger partial charge in [-0.05, 0) is 36.2 Å². The number of hydrogen-bond acceptors (Lipinski definition) is 6. The third-order valence-electron chi connectivity index (χ3n) is 4.45. The zero-order valence-electron chi connectivity index (χ0n) is 17.1. The summed E-state index contributed by atoms with van der Waals surface area (Å²) in [5.74, 6) is 0.282. The number of nitrogens with one attached hydrogen (secondary N) is 1. The van der Waals surface area contributed by atoms with Crippen LogP contribution in [0.3, 0.4) is 0 Å². The van der Waals surface area contributed by atoms with Crippen LogP contribution in [0.5, 0.6) is 5.75 Å². The van der Waals surface area contributed by atoms with E-state index in [0.717, 1.165) is 11.3 Å². The van der Waals surface area contributed by atoms with Crippen LogP contribution in [0, 0.1) is 0 Å². The number of ether oxygens (including phenoxy) is 1. The van der Waals surface area contributed by atoms with Crippen molar-refractivity contribution in [1.29, 1.82) is 0 Å². The average Bonchev–Trinajstić information content (AvgIpc) is 3.36. The van der Waals surface area contributed by atoms with E-state index in [1.807, 2.05) is 19.9 Å². The highest BCUT2D eigenvalue weighted by molar-refractivity contribution is 7.22. The first kappa shape index (κ1) is 21.8. The largest absolute Gasteiger partial charge is 0.484 e. The maximum Gasteiger partial charge on any atom is 0.422 e. The summed E-state index contributed by atoms with van der Waals surface area (Å²) in [7, 11) is 0. The van der Waals surface area contributed by atoms with Gasteiger partial charge in [0.15, 0.2) is 17.6 Å². The van der Waals surface area contributed by atoms with Gasteiger partial charge in [0.05, 0.1) is 27.7 Å². The Kier molecular flexibility index (Phi) is 5.83. The molecular formula is C21H18F3N5O2S. The van der Waals surface area contributed by atoms with Crippen molar-refractivity contribution >= 4 is 32.6 Å².